The van der Waals surface area contributed by atoms with E-state index in [1.807, 2.05) is 35.0 Å². The Morgan fingerprint density at radius 1 is 1.31 bits per heavy atom. The van der Waals surface area contributed by atoms with Crippen LogP contribution in [0.4, 0.5) is 0 Å². The van der Waals surface area contributed by atoms with Gasteiger partial charge in [-0.05, 0) is 62.5 Å². The van der Waals surface area contributed by atoms with E-state index in [0.29, 0.717) is 17.4 Å². The molecular formula is C21H21BrN2O2. The molecule has 0 aliphatic heterocycles. The Kier molecular flexibility index (Phi) is 3.53. The minimum absolute atomic E-state index is 0.0606. The number of esters is 1. The average molecular weight is 413 g/mol. The van der Waals surface area contributed by atoms with E-state index in [-0.39, 0.29) is 22.3 Å². The molecule has 0 N–H and O–H groups in total. The van der Waals surface area contributed by atoms with E-state index in [1.165, 1.54) is 19.3 Å². The van der Waals surface area contributed by atoms with Gasteiger partial charge < -0.3 is 9.14 Å². The van der Waals surface area contributed by atoms with Gasteiger partial charge in [0.2, 0.25) is 0 Å². The van der Waals surface area contributed by atoms with E-state index in [9.17, 15) is 10.1 Å². The van der Waals surface area contributed by atoms with Crippen molar-refractivity contribution in [3.63, 3.8) is 0 Å². The number of alkyl halides is 1. The fourth-order valence-electron chi connectivity index (χ4n) is 6.10. The molecule has 4 aliphatic carbocycles. The maximum atomic E-state index is 13.1. The zero-order valence-electron chi connectivity index (χ0n) is 14.6. The summed E-state index contributed by atoms with van der Waals surface area (Å²) in [6.07, 6.45) is 10.3. The van der Waals surface area contributed by atoms with E-state index < -0.39 is 0 Å². The summed E-state index contributed by atoms with van der Waals surface area (Å²) < 4.78 is 7.86. The maximum absolute atomic E-state index is 13.1. The normalized spacial score (nSPS) is 34.8. The van der Waals surface area contributed by atoms with Gasteiger partial charge in [-0.25, -0.2) is 0 Å². The van der Waals surface area contributed by atoms with E-state index in [1.54, 1.807) is 0 Å². The molecule has 0 spiro atoms. The number of carbonyl (C=O) groups is 1. The van der Waals surface area contributed by atoms with Crippen molar-refractivity contribution in [1.29, 1.82) is 5.26 Å². The molecule has 2 unspecified atom stereocenters. The van der Waals surface area contributed by atoms with Gasteiger partial charge in [0.25, 0.3) is 0 Å². The molecule has 0 saturated heterocycles. The molecule has 134 valence electrons. The predicted molar refractivity (Wildman–Crippen MR) is 101 cm³/mol. The molecule has 0 radical (unpaired) electrons. The Morgan fingerprint density at radius 3 is 2.77 bits per heavy atom. The first-order chi connectivity index (χ1) is 12.5. The highest BCUT2D eigenvalue weighted by atomic mass is 79.9. The van der Waals surface area contributed by atoms with E-state index >= 15 is 0 Å². The molecule has 2 aromatic heterocycles. The molecule has 0 amide bonds. The van der Waals surface area contributed by atoms with Crippen LogP contribution in [-0.4, -0.2) is 14.7 Å². The van der Waals surface area contributed by atoms with Crippen LogP contribution in [0.1, 0.15) is 49.7 Å². The van der Waals surface area contributed by atoms with Crippen LogP contribution in [0.2, 0.25) is 0 Å². The molecule has 6 rings (SSSR count). The van der Waals surface area contributed by atoms with Crippen LogP contribution >= 0.6 is 15.9 Å². The van der Waals surface area contributed by atoms with Crippen molar-refractivity contribution in [2.24, 2.45) is 17.3 Å². The lowest BCUT2D eigenvalue weighted by molar-refractivity contribution is -0.170. The zero-order valence-corrected chi connectivity index (χ0v) is 16.2. The third-order valence-corrected chi connectivity index (χ3v) is 7.58. The Labute approximate surface area is 161 Å². The number of nitrogens with zero attached hydrogens (tertiary/aromatic N) is 2. The van der Waals surface area contributed by atoms with E-state index in [2.05, 4.69) is 22.0 Å². The summed E-state index contributed by atoms with van der Waals surface area (Å²) in [5.74, 6) is 1.24. The Bertz CT molecular complexity index is 927. The standard InChI is InChI=1S/C21H21BrN2O2/c22-21-8-14-5-15(9-21)7-20(6-14,13-21)19(25)26-12-16-11-24-4-2-1-3-18(24)17(16)10-23/h1-4,11,14-15H,5-9,12-13H2/t14-,15+,20?,21?. The number of pyridine rings is 1. The van der Waals surface area contributed by atoms with Gasteiger partial charge in [0, 0.05) is 22.3 Å². The number of ether oxygens (including phenoxy) is 1. The van der Waals surface area contributed by atoms with Crippen LogP contribution in [0.25, 0.3) is 5.52 Å². The molecule has 5 heteroatoms. The third kappa shape index (κ3) is 2.42. The van der Waals surface area contributed by atoms with Crippen molar-refractivity contribution in [1.82, 2.24) is 4.40 Å². The van der Waals surface area contributed by atoms with Gasteiger partial charge in [0.05, 0.1) is 16.5 Å². The molecular weight excluding hydrogens is 392 g/mol. The van der Waals surface area contributed by atoms with Crippen molar-refractivity contribution < 1.29 is 9.53 Å². The summed E-state index contributed by atoms with van der Waals surface area (Å²) in [5.41, 5.74) is 1.92. The highest BCUT2D eigenvalue weighted by Gasteiger charge is 2.60. The second-order valence-corrected chi connectivity index (χ2v) is 10.3. The Hall–Kier alpha value is -1.80. The minimum atomic E-state index is -0.320. The first-order valence-electron chi connectivity index (χ1n) is 9.35. The van der Waals surface area contributed by atoms with Gasteiger partial charge in [-0.2, -0.15) is 5.26 Å². The lowest BCUT2D eigenvalue weighted by atomic mass is 9.49. The van der Waals surface area contributed by atoms with Crippen LogP contribution < -0.4 is 0 Å². The lowest BCUT2D eigenvalue weighted by Gasteiger charge is -2.58. The predicted octanol–water partition coefficient (Wildman–Crippen LogP) is 4.59. The molecule has 4 saturated carbocycles. The summed E-state index contributed by atoms with van der Waals surface area (Å²) in [7, 11) is 0. The first kappa shape index (κ1) is 16.4. The van der Waals surface area contributed by atoms with Crippen LogP contribution in [0, 0.1) is 28.6 Å². The summed E-state index contributed by atoms with van der Waals surface area (Å²) in [6.45, 7) is 0.176. The fraction of sp³-hybridized carbons (Fsp3) is 0.524. The Balaban J connectivity index is 1.38. The molecule has 4 fully saturated rings. The van der Waals surface area contributed by atoms with Gasteiger partial charge in [-0.3, -0.25) is 4.79 Å². The highest BCUT2D eigenvalue weighted by Crippen LogP contribution is 2.64. The lowest BCUT2D eigenvalue weighted by Crippen LogP contribution is -2.56. The fourth-order valence-corrected chi connectivity index (χ4v) is 7.55. The quantitative estimate of drug-likeness (QED) is 0.547. The summed E-state index contributed by atoms with van der Waals surface area (Å²) >= 11 is 3.95. The number of hydrogen-bond acceptors (Lipinski definition) is 3. The first-order valence-corrected chi connectivity index (χ1v) is 10.1. The average Bonchev–Trinajstić information content (AvgIpc) is 2.94. The van der Waals surface area contributed by atoms with Crippen LogP contribution in [0.3, 0.4) is 0 Å². The number of aromatic nitrogens is 1. The van der Waals surface area contributed by atoms with E-state index in [4.69, 9.17) is 4.74 Å². The van der Waals surface area contributed by atoms with Crippen molar-refractivity contribution in [3.8, 4) is 6.07 Å². The van der Waals surface area contributed by atoms with Gasteiger partial charge in [0.15, 0.2) is 0 Å². The molecule has 0 aromatic carbocycles. The Morgan fingerprint density at radius 2 is 2.08 bits per heavy atom. The van der Waals surface area contributed by atoms with E-state index in [0.717, 1.165) is 30.3 Å². The number of hydrogen-bond donors (Lipinski definition) is 0. The van der Waals surface area contributed by atoms with Gasteiger partial charge >= 0.3 is 5.97 Å². The molecule has 4 nitrogen and oxygen atoms in total. The number of nitriles is 1. The monoisotopic (exact) mass is 412 g/mol. The minimum Gasteiger partial charge on any atom is -0.460 e. The van der Waals surface area contributed by atoms with Crippen molar-refractivity contribution in [2.45, 2.75) is 49.5 Å². The number of fused-ring (bicyclic) bond motifs is 1. The number of carbonyl (C=O) groups excluding carboxylic acids is 1. The second-order valence-electron chi connectivity index (χ2n) is 8.60. The number of halogens is 1. The molecule has 2 heterocycles. The summed E-state index contributed by atoms with van der Waals surface area (Å²) in [4.78, 5) is 13.1. The topological polar surface area (TPSA) is 54.5 Å². The van der Waals surface area contributed by atoms with Gasteiger partial charge in [0.1, 0.15) is 12.7 Å². The zero-order chi connectivity index (χ0) is 17.9. The summed E-state index contributed by atoms with van der Waals surface area (Å²) in [5, 5.41) is 9.52. The maximum Gasteiger partial charge on any atom is 0.312 e. The largest absolute Gasteiger partial charge is 0.460 e. The molecule has 4 atom stereocenters. The third-order valence-electron chi connectivity index (χ3n) is 6.66. The van der Waals surface area contributed by atoms with Crippen LogP contribution in [0.15, 0.2) is 30.6 Å². The summed E-state index contributed by atoms with van der Waals surface area (Å²) in [6, 6.07) is 8.02. The van der Waals surface area contributed by atoms with Crippen LogP contribution in [-0.2, 0) is 16.1 Å². The van der Waals surface area contributed by atoms with Crippen LogP contribution in [0.5, 0.6) is 0 Å². The number of rotatable bonds is 3. The highest BCUT2D eigenvalue weighted by molar-refractivity contribution is 9.10. The second kappa shape index (κ2) is 5.60. The molecule has 26 heavy (non-hydrogen) atoms. The van der Waals surface area contributed by atoms with Crippen molar-refractivity contribution in [2.75, 3.05) is 0 Å². The van der Waals surface area contributed by atoms with Crippen molar-refractivity contribution >= 4 is 27.4 Å². The van der Waals surface area contributed by atoms with Crippen molar-refractivity contribution in [3.05, 3.63) is 41.7 Å². The van der Waals surface area contributed by atoms with Gasteiger partial charge in [-0.15, -0.1) is 0 Å². The van der Waals surface area contributed by atoms with Gasteiger partial charge in [-0.1, -0.05) is 22.0 Å². The smallest absolute Gasteiger partial charge is 0.312 e. The molecule has 4 aliphatic rings. The molecule has 4 bridgehead atoms. The SMILES string of the molecule is N#Cc1c(COC(=O)C23C[C@@H]4C[C@@H](CC(Br)(C4)C2)C3)cn2ccccc12. The molecule has 2 aromatic rings.